The van der Waals surface area contributed by atoms with E-state index in [1.54, 1.807) is 0 Å². The molecule has 3 heterocycles. The summed E-state index contributed by atoms with van der Waals surface area (Å²) in [5, 5.41) is 4.41. The Balaban J connectivity index is 1.17. The SMILES string of the molecule is O=C(Nc1ccccc1)N1c2ccccc2CCC1CN1CCN(c2cccc3[nH]ccc23)CC1. The number of piperazine rings is 1. The van der Waals surface area contributed by atoms with Crippen molar-refractivity contribution < 1.29 is 4.79 Å². The number of hydrogen-bond donors (Lipinski definition) is 2. The van der Waals surface area contributed by atoms with Gasteiger partial charge in [0.1, 0.15) is 0 Å². The van der Waals surface area contributed by atoms with E-state index < -0.39 is 0 Å². The summed E-state index contributed by atoms with van der Waals surface area (Å²) in [6.45, 7) is 4.85. The Labute approximate surface area is 206 Å². The summed E-state index contributed by atoms with van der Waals surface area (Å²) in [5.74, 6) is 0. The van der Waals surface area contributed by atoms with Crippen LogP contribution in [0.1, 0.15) is 12.0 Å². The molecule has 6 heteroatoms. The number of carbonyl (C=O) groups is 1. The number of amides is 2. The minimum Gasteiger partial charge on any atom is -0.368 e. The zero-order valence-corrected chi connectivity index (χ0v) is 19.9. The molecule has 4 aromatic rings. The van der Waals surface area contributed by atoms with Crippen molar-refractivity contribution in [2.45, 2.75) is 18.9 Å². The summed E-state index contributed by atoms with van der Waals surface area (Å²) >= 11 is 0. The molecular weight excluding hydrogens is 434 g/mol. The van der Waals surface area contributed by atoms with Gasteiger partial charge in [-0.05, 0) is 54.8 Å². The number of anilines is 3. The van der Waals surface area contributed by atoms with Gasteiger partial charge in [-0.3, -0.25) is 9.80 Å². The first-order chi connectivity index (χ1) is 17.3. The predicted molar refractivity (Wildman–Crippen MR) is 143 cm³/mol. The van der Waals surface area contributed by atoms with Gasteiger partial charge in [0.15, 0.2) is 0 Å². The maximum absolute atomic E-state index is 13.5. The highest BCUT2D eigenvalue weighted by molar-refractivity contribution is 6.03. The number of aromatic amines is 1. The minimum absolute atomic E-state index is 0.0499. The van der Waals surface area contributed by atoms with Gasteiger partial charge in [0, 0.05) is 66.9 Å². The zero-order chi connectivity index (χ0) is 23.6. The molecule has 6 nitrogen and oxygen atoms in total. The highest BCUT2D eigenvalue weighted by Crippen LogP contribution is 2.32. The topological polar surface area (TPSA) is 54.6 Å². The quantitative estimate of drug-likeness (QED) is 0.428. The van der Waals surface area contributed by atoms with Crippen molar-refractivity contribution in [2.24, 2.45) is 0 Å². The maximum atomic E-state index is 13.5. The van der Waals surface area contributed by atoms with Crippen LogP contribution in [0.2, 0.25) is 0 Å². The Hall–Kier alpha value is -3.77. The van der Waals surface area contributed by atoms with Crippen molar-refractivity contribution >= 4 is 34.0 Å². The third-order valence-electron chi connectivity index (χ3n) is 7.36. The minimum atomic E-state index is -0.0499. The van der Waals surface area contributed by atoms with Gasteiger partial charge in [-0.1, -0.05) is 42.5 Å². The van der Waals surface area contributed by atoms with Gasteiger partial charge in [0.2, 0.25) is 0 Å². The van der Waals surface area contributed by atoms with Gasteiger partial charge in [0.25, 0.3) is 0 Å². The summed E-state index contributed by atoms with van der Waals surface area (Å²) in [6, 6.07) is 26.8. The maximum Gasteiger partial charge on any atom is 0.326 e. The van der Waals surface area contributed by atoms with Crippen molar-refractivity contribution in [3.63, 3.8) is 0 Å². The standard InChI is InChI=1S/C29H31N5O/c35-29(31-23-8-2-1-3-9-23)34-24(14-13-22-7-4-5-11-27(22)34)21-32-17-19-33(20-18-32)28-12-6-10-26-25(28)15-16-30-26/h1-12,15-16,24,30H,13-14,17-21H2,(H,31,35). The first kappa shape index (κ1) is 21.7. The lowest BCUT2D eigenvalue weighted by molar-refractivity contribution is 0.225. The smallest absolute Gasteiger partial charge is 0.326 e. The largest absolute Gasteiger partial charge is 0.368 e. The molecule has 0 bridgehead atoms. The molecule has 2 aliphatic heterocycles. The second-order valence-electron chi connectivity index (χ2n) is 9.49. The number of benzene rings is 3. The van der Waals surface area contributed by atoms with Crippen molar-refractivity contribution in [1.82, 2.24) is 9.88 Å². The van der Waals surface area contributed by atoms with Crippen molar-refractivity contribution in [3.8, 4) is 0 Å². The molecule has 1 fully saturated rings. The summed E-state index contributed by atoms with van der Waals surface area (Å²) in [6.07, 6.45) is 3.99. The number of nitrogens with one attached hydrogen (secondary N) is 2. The normalized spacial score (nSPS) is 18.5. The fourth-order valence-electron chi connectivity index (χ4n) is 5.57. The molecule has 0 aliphatic carbocycles. The van der Waals surface area contributed by atoms with Crippen LogP contribution < -0.4 is 15.1 Å². The molecule has 0 radical (unpaired) electrons. The van der Waals surface area contributed by atoms with E-state index in [-0.39, 0.29) is 12.1 Å². The molecule has 3 aromatic carbocycles. The van der Waals surface area contributed by atoms with Crippen molar-refractivity contribution in [1.29, 1.82) is 0 Å². The summed E-state index contributed by atoms with van der Waals surface area (Å²) in [5.41, 5.74) is 5.60. The lowest BCUT2D eigenvalue weighted by atomic mass is 9.95. The number of rotatable bonds is 4. The Morgan fingerprint density at radius 1 is 0.857 bits per heavy atom. The third-order valence-corrected chi connectivity index (χ3v) is 7.36. The van der Waals surface area contributed by atoms with E-state index in [0.29, 0.717) is 0 Å². The lowest BCUT2D eigenvalue weighted by Crippen LogP contribution is -2.55. The van der Waals surface area contributed by atoms with Gasteiger partial charge in [-0.2, -0.15) is 0 Å². The Morgan fingerprint density at radius 3 is 2.49 bits per heavy atom. The van der Waals surface area contributed by atoms with Gasteiger partial charge >= 0.3 is 6.03 Å². The average molecular weight is 466 g/mol. The van der Waals surface area contributed by atoms with E-state index in [4.69, 9.17) is 0 Å². The van der Waals surface area contributed by atoms with E-state index in [0.717, 1.165) is 56.9 Å². The molecule has 1 atom stereocenters. The number of carbonyl (C=O) groups excluding carboxylic acids is 1. The van der Waals surface area contributed by atoms with Crippen LogP contribution in [0, 0.1) is 0 Å². The molecule has 2 N–H and O–H groups in total. The van der Waals surface area contributed by atoms with E-state index in [2.05, 4.69) is 62.6 Å². The molecule has 35 heavy (non-hydrogen) atoms. The van der Waals surface area contributed by atoms with Crippen LogP contribution in [0.4, 0.5) is 21.9 Å². The molecule has 178 valence electrons. The molecule has 1 saturated heterocycles. The number of hydrogen-bond acceptors (Lipinski definition) is 3. The predicted octanol–water partition coefficient (Wildman–Crippen LogP) is 5.34. The van der Waals surface area contributed by atoms with Gasteiger partial charge < -0.3 is 15.2 Å². The molecule has 6 rings (SSSR count). The van der Waals surface area contributed by atoms with Crippen molar-refractivity contribution in [3.05, 3.63) is 90.6 Å². The number of H-pyrrole nitrogens is 1. The van der Waals surface area contributed by atoms with Crippen LogP contribution in [-0.4, -0.2) is 54.7 Å². The fourth-order valence-corrected chi connectivity index (χ4v) is 5.57. The molecule has 2 aliphatic rings. The van der Waals surface area contributed by atoms with Gasteiger partial charge in [-0.15, -0.1) is 0 Å². The number of aryl methyl sites for hydroxylation is 1. The van der Waals surface area contributed by atoms with Gasteiger partial charge in [-0.25, -0.2) is 4.79 Å². The first-order valence-electron chi connectivity index (χ1n) is 12.5. The number of nitrogens with zero attached hydrogens (tertiary/aromatic N) is 3. The second-order valence-corrected chi connectivity index (χ2v) is 9.49. The van der Waals surface area contributed by atoms with Crippen LogP contribution in [0.25, 0.3) is 10.9 Å². The monoisotopic (exact) mass is 465 g/mol. The molecule has 0 spiro atoms. The highest BCUT2D eigenvalue weighted by Gasteiger charge is 2.33. The number of fused-ring (bicyclic) bond motifs is 2. The third kappa shape index (κ3) is 4.37. The van der Waals surface area contributed by atoms with Crippen LogP contribution in [0.5, 0.6) is 0 Å². The fraction of sp³-hybridized carbons (Fsp3) is 0.276. The van der Waals surface area contributed by atoms with E-state index in [1.165, 1.54) is 22.2 Å². The Kier molecular flexibility index (Phi) is 5.88. The number of aromatic nitrogens is 1. The molecule has 0 saturated carbocycles. The van der Waals surface area contributed by atoms with Crippen molar-refractivity contribution in [2.75, 3.05) is 47.8 Å². The van der Waals surface area contributed by atoms with Crippen LogP contribution in [0.15, 0.2) is 85.1 Å². The van der Waals surface area contributed by atoms with Crippen LogP contribution in [0.3, 0.4) is 0 Å². The number of urea groups is 1. The summed E-state index contributed by atoms with van der Waals surface area (Å²) < 4.78 is 0. The van der Waals surface area contributed by atoms with E-state index in [9.17, 15) is 4.79 Å². The molecule has 1 unspecified atom stereocenters. The van der Waals surface area contributed by atoms with E-state index in [1.807, 2.05) is 47.5 Å². The lowest BCUT2D eigenvalue weighted by Gasteiger charge is -2.42. The number of para-hydroxylation sites is 2. The first-order valence-corrected chi connectivity index (χ1v) is 12.5. The molecular formula is C29H31N5O. The highest BCUT2D eigenvalue weighted by atomic mass is 16.2. The van der Waals surface area contributed by atoms with Gasteiger partial charge in [0.05, 0.1) is 6.04 Å². The zero-order valence-electron chi connectivity index (χ0n) is 19.9. The second kappa shape index (κ2) is 9.47. The average Bonchev–Trinajstić information content (AvgIpc) is 3.39. The Bertz CT molecular complexity index is 1310. The summed E-state index contributed by atoms with van der Waals surface area (Å²) in [7, 11) is 0. The molecule has 1 aromatic heterocycles. The summed E-state index contributed by atoms with van der Waals surface area (Å²) in [4.78, 5) is 23.8. The Morgan fingerprint density at radius 2 is 1.63 bits per heavy atom. The molecule has 2 amide bonds. The van der Waals surface area contributed by atoms with Crippen LogP contribution in [-0.2, 0) is 6.42 Å². The van der Waals surface area contributed by atoms with Crippen LogP contribution >= 0.6 is 0 Å². The van der Waals surface area contributed by atoms with E-state index >= 15 is 0 Å².